The first-order valence-electron chi connectivity index (χ1n) is 4.17. The van der Waals surface area contributed by atoms with Gasteiger partial charge in [0.2, 0.25) is 0 Å². The fourth-order valence-electron chi connectivity index (χ4n) is 0.857. The normalized spacial score (nSPS) is 13.1. The molecule has 0 rings (SSSR count). The molecule has 0 radical (unpaired) electrons. The Morgan fingerprint density at radius 2 is 1.50 bits per heavy atom. The van der Waals surface area contributed by atoms with E-state index in [-0.39, 0.29) is 0 Å². The van der Waals surface area contributed by atoms with E-state index in [4.69, 9.17) is 10.2 Å². The summed E-state index contributed by atoms with van der Waals surface area (Å²) in [6.07, 6.45) is 3.03. The quantitative estimate of drug-likeness (QED) is 0.532. The zero-order valence-electron chi connectivity index (χ0n) is 8.44. The van der Waals surface area contributed by atoms with Crippen LogP contribution in [0.1, 0.15) is 20.8 Å². The summed E-state index contributed by atoms with van der Waals surface area (Å²) in [5, 5.41) is 17.2. The minimum Gasteiger partial charge on any atom is -0.480 e. The fourth-order valence-corrected chi connectivity index (χ4v) is 0.857. The molecule has 0 saturated carbocycles. The second-order valence-electron chi connectivity index (χ2n) is 2.98. The van der Waals surface area contributed by atoms with Crippen molar-refractivity contribution in [2.45, 2.75) is 20.8 Å². The highest BCUT2D eigenvalue weighted by Crippen LogP contribution is 2.12. The summed E-state index contributed by atoms with van der Waals surface area (Å²) < 4.78 is 0. The molecule has 0 aliphatic carbocycles. The van der Waals surface area contributed by atoms with Gasteiger partial charge in [0.1, 0.15) is 0 Å². The van der Waals surface area contributed by atoms with E-state index in [1.165, 1.54) is 6.08 Å². The minimum absolute atomic E-state index is 0.669. The minimum atomic E-state index is -1.47. The van der Waals surface area contributed by atoms with Crippen LogP contribution in [0.15, 0.2) is 23.3 Å². The molecule has 4 nitrogen and oxygen atoms in total. The molecule has 0 aromatic carbocycles. The predicted octanol–water partition coefficient (Wildman–Crippen LogP) is 1.68. The van der Waals surface area contributed by atoms with E-state index in [2.05, 4.69) is 0 Å². The molecule has 0 amide bonds. The van der Waals surface area contributed by atoms with Crippen molar-refractivity contribution in [3.63, 3.8) is 0 Å². The molecule has 0 spiro atoms. The number of carbonyl (C=O) groups is 2. The van der Waals surface area contributed by atoms with Gasteiger partial charge in [0.25, 0.3) is 0 Å². The highest BCUT2D eigenvalue weighted by Gasteiger charge is 2.23. The average Bonchev–Trinajstić information content (AvgIpc) is 2.11. The second kappa shape index (κ2) is 5.21. The maximum absolute atomic E-state index is 10.5. The molecule has 78 valence electrons. The first-order chi connectivity index (χ1) is 6.40. The molecule has 0 atom stereocenters. The van der Waals surface area contributed by atoms with Gasteiger partial charge in [-0.2, -0.15) is 0 Å². The second-order valence-corrected chi connectivity index (χ2v) is 2.98. The Morgan fingerprint density at radius 1 is 1.07 bits per heavy atom. The van der Waals surface area contributed by atoms with Crippen LogP contribution in [0.3, 0.4) is 0 Å². The molecule has 0 fully saturated rings. The van der Waals surface area contributed by atoms with Gasteiger partial charge >= 0.3 is 11.9 Å². The lowest BCUT2D eigenvalue weighted by atomic mass is 10.0. The van der Waals surface area contributed by atoms with Gasteiger partial charge in [-0.25, -0.2) is 0 Å². The van der Waals surface area contributed by atoms with Crippen LogP contribution in [0.25, 0.3) is 0 Å². The molecule has 2 N–H and O–H groups in total. The lowest BCUT2D eigenvalue weighted by Gasteiger charge is -2.04. The number of carboxylic acids is 2. The number of allylic oxidation sites excluding steroid dienone is 3. The van der Waals surface area contributed by atoms with Gasteiger partial charge < -0.3 is 10.2 Å². The van der Waals surface area contributed by atoms with E-state index in [1.54, 1.807) is 19.9 Å². The number of hydrogen-bond donors (Lipinski definition) is 2. The first kappa shape index (κ1) is 12.4. The summed E-state index contributed by atoms with van der Waals surface area (Å²) in [6, 6.07) is 0. The summed E-state index contributed by atoms with van der Waals surface area (Å²) in [6.45, 7) is 5.30. The van der Waals surface area contributed by atoms with Gasteiger partial charge in [0.05, 0.1) is 0 Å². The Hall–Kier alpha value is -1.58. The number of hydrogen-bond acceptors (Lipinski definition) is 2. The molecule has 0 aromatic rings. The van der Waals surface area contributed by atoms with Crippen molar-refractivity contribution >= 4 is 11.9 Å². The van der Waals surface area contributed by atoms with Gasteiger partial charge in [-0.1, -0.05) is 23.3 Å². The third kappa shape index (κ3) is 3.43. The molecule has 4 heteroatoms. The molecular formula is C10H14O4. The van der Waals surface area contributed by atoms with Crippen molar-refractivity contribution in [2.24, 2.45) is 5.92 Å². The van der Waals surface area contributed by atoms with Crippen LogP contribution >= 0.6 is 0 Å². The van der Waals surface area contributed by atoms with E-state index in [1.807, 2.05) is 6.92 Å². The van der Waals surface area contributed by atoms with Crippen LogP contribution in [0.2, 0.25) is 0 Å². The van der Waals surface area contributed by atoms with Gasteiger partial charge in [0, 0.05) is 0 Å². The van der Waals surface area contributed by atoms with E-state index in [0.29, 0.717) is 5.57 Å². The smallest absolute Gasteiger partial charge is 0.321 e. The monoisotopic (exact) mass is 198 g/mol. The molecule has 0 unspecified atom stereocenters. The molecule has 0 heterocycles. The lowest BCUT2D eigenvalue weighted by molar-refractivity contribution is -0.151. The van der Waals surface area contributed by atoms with Crippen molar-refractivity contribution in [3.05, 3.63) is 23.3 Å². The van der Waals surface area contributed by atoms with Crippen LogP contribution < -0.4 is 0 Å². The zero-order chi connectivity index (χ0) is 11.3. The Labute approximate surface area is 82.6 Å². The maximum Gasteiger partial charge on any atom is 0.321 e. The van der Waals surface area contributed by atoms with Crippen molar-refractivity contribution in [1.29, 1.82) is 0 Å². The van der Waals surface area contributed by atoms with Crippen molar-refractivity contribution in [1.82, 2.24) is 0 Å². The zero-order valence-corrected chi connectivity index (χ0v) is 8.44. The number of carboxylic acid groups (broad SMARTS) is 2. The van der Waals surface area contributed by atoms with Gasteiger partial charge in [0.15, 0.2) is 5.92 Å². The summed E-state index contributed by atoms with van der Waals surface area (Å²) in [5.41, 5.74) is 1.54. The fraction of sp³-hybridized carbons (Fsp3) is 0.400. The molecule has 14 heavy (non-hydrogen) atoms. The SMILES string of the molecule is CC=C(C)C(C)=CC(C(=O)O)C(=O)O. The van der Waals surface area contributed by atoms with Gasteiger partial charge in [-0.3, -0.25) is 9.59 Å². The van der Waals surface area contributed by atoms with E-state index in [0.717, 1.165) is 5.57 Å². The Morgan fingerprint density at radius 3 is 1.79 bits per heavy atom. The van der Waals surface area contributed by atoms with Gasteiger partial charge in [-0.15, -0.1) is 0 Å². The molecule has 0 aliphatic heterocycles. The van der Waals surface area contributed by atoms with E-state index >= 15 is 0 Å². The van der Waals surface area contributed by atoms with Crippen molar-refractivity contribution in [2.75, 3.05) is 0 Å². The average molecular weight is 198 g/mol. The topological polar surface area (TPSA) is 74.6 Å². The third-order valence-corrected chi connectivity index (χ3v) is 2.00. The van der Waals surface area contributed by atoms with Crippen LogP contribution in [0.4, 0.5) is 0 Å². The summed E-state index contributed by atoms with van der Waals surface area (Å²) in [7, 11) is 0. The van der Waals surface area contributed by atoms with Gasteiger partial charge in [-0.05, 0) is 20.8 Å². The van der Waals surface area contributed by atoms with E-state index in [9.17, 15) is 9.59 Å². The predicted molar refractivity (Wildman–Crippen MR) is 51.9 cm³/mol. The molecule has 0 bridgehead atoms. The molecule has 0 aromatic heterocycles. The molecule has 0 saturated heterocycles. The molecular weight excluding hydrogens is 184 g/mol. The Kier molecular flexibility index (Phi) is 4.63. The highest BCUT2D eigenvalue weighted by atomic mass is 16.4. The largest absolute Gasteiger partial charge is 0.480 e. The number of rotatable bonds is 4. The summed E-state index contributed by atoms with van der Waals surface area (Å²) in [5.74, 6) is -4.16. The lowest BCUT2D eigenvalue weighted by Crippen LogP contribution is -2.21. The van der Waals surface area contributed by atoms with Crippen molar-refractivity contribution in [3.8, 4) is 0 Å². The first-order valence-corrected chi connectivity index (χ1v) is 4.17. The van der Waals surface area contributed by atoms with Crippen LogP contribution in [-0.2, 0) is 9.59 Å². The Bertz CT molecular complexity index is 285. The van der Waals surface area contributed by atoms with Crippen molar-refractivity contribution < 1.29 is 19.8 Å². The van der Waals surface area contributed by atoms with E-state index < -0.39 is 17.9 Å². The molecule has 0 aliphatic rings. The standard InChI is InChI=1S/C10H14O4/c1-4-6(2)7(3)5-8(9(11)12)10(13)14/h4-5,8H,1-3H3,(H,11,12)(H,13,14). The maximum atomic E-state index is 10.5. The van der Waals surface area contributed by atoms with Crippen LogP contribution in [0, 0.1) is 5.92 Å². The Balaban J connectivity index is 4.91. The highest BCUT2D eigenvalue weighted by molar-refractivity contribution is 5.95. The third-order valence-electron chi connectivity index (χ3n) is 2.00. The van der Waals surface area contributed by atoms with Crippen LogP contribution in [0.5, 0.6) is 0 Å². The van der Waals surface area contributed by atoms with Crippen LogP contribution in [-0.4, -0.2) is 22.2 Å². The number of aliphatic carboxylic acids is 2. The summed E-state index contributed by atoms with van der Waals surface area (Å²) >= 11 is 0. The summed E-state index contributed by atoms with van der Waals surface area (Å²) in [4.78, 5) is 21.1.